The average molecular weight is 317 g/mol. The van der Waals surface area contributed by atoms with Crippen LogP contribution in [0.2, 0.25) is 5.02 Å². The lowest BCUT2D eigenvalue weighted by Gasteiger charge is -2.10. The van der Waals surface area contributed by atoms with Crippen LogP contribution in [-0.4, -0.2) is 12.6 Å². The Labute approximate surface area is 135 Å². The van der Waals surface area contributed by atoms with E-state index in [1.807, 2.05) is 31.2 Å². The third-order valence-corrected chi connectivity index (χ3v) is 3.47. The van der Waals surface area contributed by atoms with Crippen molar-refractivity contribution in [3.8, 4) is 11.5 Å². The van der Waals surface area contributed by atoms with Crippen molar-refractivity contribution >= 4 is 17.6 Å². The fourth-order valence-corrected chi connectivity index (χ4v) is 2.06. The molecule has 0 bridgehead atoms. The first kappa shape index (κ1) is 16.1. The highest BCUT2D eigenvalue weighted by Gasteiger charge is 2.09. The molecule has 0 saturated carbocycles. The molecular weight excluding hydrogens is 300 g/mol. The zero-order valence-corrected chi connectivity index (χ0v) is 13.1. The van der Waals surface area contributed by atoms with E-state index in [0.717, 1.165) is 11.1 Å². The van der Waals surface area contributed by atoms with E-state index in [9.17, 15) is 4.79 Å². The minimum absolute atomic E-state index is 0.157. The maximum Gasteiger partial charge on any atom is 0.349 e. The molecule has 0 fully saturated rings. The van der Waals surface area contributed by atoms with Crippen molar-refractivity contribution < 1.29 is 14.3 Å². The Morgan fingerprint density at radius 2 is 2.05 bits per heavy atom. The average Bonchev–Trinajstić information content (AvgIpc) is 2.50. The molecule has 2 aromatic rings. The first-order valence-corrected chi connectivity index (χ1v) is 7.26. The minimum atomic E-state index is -0.463. The molecule has 3 nitrogen and oxygen atoms in total. The molecule has 4 heteroatoms. The third-order valence-electron chi connectivity index (χ3n) is 3.04. The number of carbonyl (C=O) groups excluding carboxylic acids is 1. The number of para-hydroxylation sites is 1. The van der Waals surface area contributed by atoms with E-state index in [1.54, 1.807) is 24.3 Å². The first-order chi connectivity index (χ1) is 10.6. The number of esters is 1. The normalized spacial score (nSPS) is 10.1. The lowest BCUT2D eigenvalue weighted by molar-refractivity contribution is -0.136. The fourth-order valence-electron chi connectivity index (χ4n) is 1.95. The van der Waals surface area contributed by atoms with Gasteiger partial charge in [-0.15, -0.1) is 6.58 Å². The van der Waals surface area contributed by atoms with Crippen molar-refractivity contribution in [2.75, 3.05) is 6.61 Å². The zero-order chi connectivity index (χ0) is 15.9. The van der Waals surface area contributed by atoms with E-state index in [1.165, 1.54) is 0 Å². The summed E-state index contributed by atoms with van der Waals surface area (Å²) in [6.07, 6.45) is 2.47. The third kappa shape index (κ3) is 4.37. The van der Waals surface area contributed by atoms with Gasteiger partial charge in [0, 0.05) is 5.02 Å². The van der Waals surface area contributed by atoms with Gasteiger partial charge in [-0.25, -0.2) is 4.79 Å². The van der Waals surface area contributed by atoms with Gasteiger partial charge in [-0.2, -0.15) is 0 Å². The van der Waals surface area contributed by atoms with Crippen molar-refractivity contribution in [3.63, 3.8) is 0 Å². The van der Waals surface area contributed by atoms with Crippen LogP contribution in [0.1, 0.15) is 11.1 Å². The molecule has 0 saturated heterocycles. The quantitative estimate of drug-likeness (QED) is 0.451. The molecule has 22 heavy (non-hydrogen) atoms. The fraction of sp³-hybridized carbons (Fsp3) is 0.167. The Hall–Kier alpha value is -2.26. The zero-order valence-electron chi connectivity index (χ0n) is 12.3. The van der Waals surface area contributed by atoms with Crippen LogP contribution in [0.3, 0.4) is 0 Å². The van der Waals surface area contributed by atoms with Gasteiger partial charge in [-0.3, -0.25) is 0 Å². The Bertz CT molecular complexity index is 680. The van der Waals surface area contributed by atoms with Crippen LogP contribution >= 0.6 is 11.6 Å². The molecule has 2 rings (SSSR count). The molecule has 0 aliphatic carbocycles. The second-order valence-electron chi connectivity index (χ2n) is 4.77. The number of halogens is 1. The van der Waals surface area contributed by atoms with Crippen LogP contribution in [0.4, 0.5) is 0 Å². The van der Waals surface area contributed by atoms with Crippen LogP contribution in [0.5, 0.6) is 11.5 Å². The van der Waals surface area contributed by atoms with Crippen molar-refractivity contribution in [3.05, 3.63) is 71.3 Å². The van der Waals surface area contributed by atoms with E-state index in [0.29, 0.717) is 22.9 Å². The van der Waals surface area contributed by atoms with Gasteiger partial charge in [0.1, 0.15) is 11.5 Å². The van der Waals surface area contributed by atoms with Crippen LogP contribution in [0, 0.1) is 6.92 Å². The van der Waals surface area contributed by atoms with Crippen molar-refractivity contribution in [2.45, 2.75) is 13.3 Å². The molecule has 0 spiro atoms. The second-order valence-corrected chi connectivity index (χ2v) is 5.18. The van der Waals surface area contributed by atoms with Crippen molar-refractivity contribution in [1.29, 1.82) is 0 Å². The predicted molar refractivity (Wildman–Crippen MR) is 87.7 cm³/mol. The van der Waals surface area contributed by atoms with Gasteiger partial charge < -0.3 is 9.47 Å². The lowest BCUT2D eigenvalue weighted by Crippen LogP contribution is -2.18. The molecule has 0 aliphatic heterocycles. The van der Waals surface area contributed by atoms with Crippen molar-refractivity contribution in [2.24, 2.45) is 0 Å². The SMILES string of the molecule is C=CCc1ccccc1OCC(=O)Oc1ccc(Cl)c(C)c1. The Kier molecular flexibility index (Phi) is 5.61. The molecule has 0 unspecified atom stereocenters. The number of carbonyl (C=O) groups is 1. The van der Waals surface area contributed by atoms with Gasteiger partial charge in [0.05, 0.1) is 0 Å². The molecular formula is C18H17ClO3. The Morgan fingerprint density at radius 1 is 1.27 bits per heavy atom. The van der Waals surface area contributed by atoms with Gasteiger partial charge in [-0.1, -0.05) is 35.9 Å². The molecule has 0 radical (unpaired) electrons. The standard InChI is InChI=1S/C18H17ClO3/c1-3-6-14-7-4-5-8-17(14)21-12-18(20)22-15-9-10-16(19)13(2)11-15/h3-5,7-11H,1,6,12H2,2H3. The molecule has 0 heterocycles. The molecule has 0 aliphatic rings. The number of benzene rings is 2. The summed E-state index contributed by atoms with van der Waals surface area (Å²) in [5.74, 6) is 0.650. The lowest BCUT2D eigenvalue weighted by atomic mass is 10.1. The number of rotatable bonds is 6. The summed E-state index contributed by atoms with van der Waals surface area (Å²) in [7, 11) is 0. The predicted octanol–water partition coefficient (Wildman–Crippen LogP) is 4.36. The van der Waals surface area contributed by atoms with Crippen LogP contribution < -0.4 is 9.47 Å². The molecule has 114 valence electrons. The second kappa shape index (κ2) is 7.66. The van der Waals surface area contributed by atoms with E-state index >= 15 is 0 Å². The van der Waals surface area contributed by atoms with Gasteiger partial charge in [0.2, 0.25) is 0 Å². The van der Waals surface area contributed by atoms with E-state index in [4.69, 9.17) is 21.1 Å². The van der Waals surface area contributed by atoms with Crippen LogP contribution in [0.15, 0.2) is 55.1 Å². The largest absolute Gasteiger partial charge is 0.482 e. The highest BCUT2D eigenvalue weighted by molar-refractivity contribution is 6.31. The first-order valence-electron chi connectivity index (χ1n) is 6.88. The summed E-state index contributed by atoms with van der Waals surface area (Å²) in [5.41, 5.74) is 1.83. The Balaban J connectivity index is 1.95. The summed E-state index contributed by atoms with van der Waals surface area (Å²) in [6.45, 7) is 5.40. The molecule has 0 amide bonds. The van der Waals surface area contributed by atoms with Gasteiger partial charge >= 0.3 is 5.97 Å². The summed E-state index contributed by atoms with van der Waals surface area (Å²) in [6, 6.07) is 12.6. The summed E-state index contributed by atoms with van der Waals surface area (Å²) >= 11 is 5.93. The number of hydrogen-bond donors (Lipinski definition) is 0. The van der Waals surface area contributed by atoms with E-state index in [-0.39, 0.29) is 6.61 Å². The highest BCUT2D eigenvalue weighted by atomic mass is 35.5. The van der Waals surface area contributed by atoms with E-state index < -0.39 is 5.97 Å². The van der Waals surface area contributed by atoms with Crippen molar-refractivity contribution in [1.82, 2.24) is 0 Å². The molecule has 2 aromatic carbocycles. The molecule has 0 atom stereocenters. The monoisotopic (exact) mass is 316 g/mol. The highest BCUT2D eigenvalue weighted by Crippen LogP contribution is 2.22. The Morgan fingerprint density at radius 3 is 2.77 bits per heavy atom. The molecule has 0 aromatic heterocycles. The summed E-state index contributed by atoms with van der Waals surface area (Å²) < 4.78 is 10.8. The van der Waals surface area contributed by atoms with Gasteiger partial charge in [0.15, 0.2) is 6.61 Å². The summed E-state index contributed by atoms with van der Waals surface area (Å²) in [5, 5.41) is 0.634. The van der Waals surface area contributed by atoms with Crippen LogP contribution in [0.25, 0.3) is 0 Å². The number of hydrogen-bond acceptors (Lipinski definition) is 3. The maximum atomic E-state index is 11.9. The summed E-state index contributed by atoms with van der Waals surface area (Å²) in [4.78, 5) is 11.9. The minimum Gasteiger partial charge on any atom is -0.482 e. The smallest absolute Gasteiger partial charge is 0.349 e. The number of aryl methyl sites for hydroxylation is 1. The number of ether oxygens (including phenoxy) is 2. The maximum absolute atomic E-state index is 11.9. The van der Waals surface area contributed by atoms with Gasteiger partial charge in [-0.05, 0) is 48.7 Å². The molecule has 0 N–H and O–H groups in total. The van der Waals surface area contributed by atoms with Gasteiger partial charge in [0.25, 0.3) is 0 Å². The van der Waals surface area contributed by atoms with E-state index in [2.05, 4.69) is 6.58 Å². The van der Waals surface area contributed by atoms with Crippen LogP contribution in [-0.2, 0) is 11.2 Å². The number of allylic oxidation sites excluding steroid dienone is 1. The topological polar surface area (TPSA) is 35.5 Å².